The Bertz CT molecular complexity index is 1270. The molecule has 1 saturated carbocycles. The van der Waals surface area contributed by atoms with Gasteiger partial charge in [0.05, 0.1) is 29.9 Å². The summed E-state index contributed by atoms with van der Waals surface area (Å²) in [6.07, 6.45) is 4.50. The number of nitrogens with zero attached hydrogens (tertiary/aromatic N) is 1. The number of phenols is 1. The molecule has 1 aliphatic carbocycles. The van der Waals surface area contributed by atoms with Gasteiger partial charge in [-0.1, -0.05) is 29.8 Å². The number of Topliss-reactive ketones (excluding diaryl/α,β-unsaturated/α-hetero) is 1. The van der Waals surface area contributed by atoms with E-state index in [4.69, 9.17) is 26.8 Å². The number of methoxy groups -OCH3 is 1. The molecule has 4 N–H and O–H groups in total. The first kappa shape index (κ1) is 24.6. The lowest BCUT2D eigenvalue weighted by molar-refractivity contribution is 0.101. The van der Waals surface area contributed by atoms with Crippen molar-refractivity contribution in [3.05, 3.63) is 47.1 Å². The summed E-state index contributed by atoms with van der Waals surface area (Å²) in [6.45, 7) is 1.74. The van der Waals surface area contributed by atoms with Crippen molar-refractivity contribution in [2.24, 2.45) is 11.7 Å². The zero-order valence-electron chi connectivity index (χ0n) is 19.6. The summed E-state index contributed by atoms with van der Waals surface area (Å²) in [6, 6.07) is 9.55. The number of phenolic OH excluding ortho intramolecular Hbond substituents is 1. The molecule has 9 heteroatoms. The van der Waals surface area contributed by atoms with Crippen molar-refractivity contribution in [1.29, 1.82) is 0 Å². The average molecular weight is 498 g/mol. The predicted octanol–water partition coefficient (Wildman–Crippen LogP) is 5.54. The largest absolute Gasteiger partial charge is 0.503 e. The number of fused-ring (bicyclic) bond motifs is 1. The SMILES string of the molecule is COc1cc(-c2cnc3ccccc3c2NC2CCC(COC(N)=O)CC2)c(C(C)=O)c(Cl)c1O. The van der Waals surface area contributed by atoms with Gasteiger partial charge in [-0.15, -0.1) is 0 Å². The number of ether oxygens (including phenoxy) is 2. The summed E-state index contributed by atoms with van der Waals surface area (Å²) in [5, 5.41) is 15.0. The summed E-state index contributed by atoms with van der Waals surface area (Å²) >= 11 is 6.42. The fraction of sp³-hybridized carbons (Fsp3) is 0.346. The number of rotatable bonds is 7. The van der Waals surface area contributed by atoms with Crippen LogP contribution in [0.1, 0.15) is 43.0 Å². The molecule has 1 fully saturated rings. The maximum atomic E-state index is 12.6. The lowest BCUT2D eigenvalue weighted by Crippen LogP contribution is -2.29. The fourth-order valence-electron chi connectivity index (χ4n) is 4.71. The highest BCUT2D eigenvalue weighted by molar-refractivity contribution is 6.36. The minimum atomic E-state index is -0.748. The van der Waals surface area contributed by atoms with Gasteiger partial charge in [0.25, 0.3) is 0 Å². The van der Waals surface area contributed by atoms with Gasteiger partial charge in [0.1, 0.15) is 0 Å². The Balaban J connectivity index is 1.76. The molecule has 0 spiro atoms. The van der Waals surface area contributed by atoms with Gasteiger partial charge in [-0.2, -0.15) is 0 Å². The second-order valence-electron chi connectivity index (χ2n) is 8.78. The summed E-state index contributed by atoms with van der Waals surface area (Å²) < 4.78 is 10.3. The number of benzene rings is 2. The Morgan fingerprint density at radius 2 is 1.91 bits per heavy atom. The minimum absolute atomic E-state index is 0.0547. The molecule has 8 nitrogen and oxygen atoms in total. The van der Waals surface area contributed by atoms with Crippen LogP contribution >= 0.6 is 11.6 Å². The minimum Gasteiger partial charge on any atom is -0.503 e. The molecular weight excluding hydrogens is 470 g/mol. The number of amides is 1. The number of nitrogens with two attached hydrogens (primary N) is 1. The van der Waals surface area contributed by atoms with Gasteiger partial charge in [-0.25, -0.2) is 4.79 Å². The van der Waals surface area contributed by atoms with Crippen LogP contribution in [0.3, 0.4) is 0 Å². The molecule has 0 unspecified atom stereocenters. The molecule has 0 atom stereocenters. The van der Waals surface area contributed by atoms with Crippen molar-refractivity contribution in [2.75, 3.05) is 19.0 Å². The van der Waals surface area contributed by atoms with Crippen LogP contribution in [-0.4, -0.2) is 41.7 Å². The van der Waals surface area contributed by atoms with E-state index in [-0.39, 0.29) is 39.8 Å². The quantitative estimate of drug-likeness (QED) is 0.366. The van der Waals surface area contributed by atoms with E-state index in [1.54, 1.807) is 12.3 Å². The molecule has 184 valence electrons. The predicted molar refractivity (Wildman–Crippen MR) is 135 cm³/mol. The lowest BCUT2D eigenvalue weighted by Gasteiger charge is -2.30. The number of aromatic hydroxyl groups is 1. The second-order valence-corrected chi connectivity index (χ2v) is 9.15. The number of aromatic nitrogens is 1. The number of hydrogen-bond acceptors (Lipinski definition) is 7. The number of carbonyl (C=O) groups excluding carboxylic acids is 2. The first-order chi connectivity index (χ1) is 16.8. The average Bonchev–Trinajstić information content (AvgIpc) is 2.85. The van der Waals surface area contributed by atoms with Crippen LogP contribution in [0.15, 0.2) is 36.5 Å². The number of primary amides is 1. The Labute approximate surface area is 208 Å². The van der Waals surface area contributed by atoms with Crippen molar-refractivity contribution in [1.82, 2.24) is 4.98 Å². The van der Waals surface area contributed by atoms with Gasteiger partial charge in [-0.3, -0.25) is 9.78 Å². The van der Waals surface area contributed by atoms with Gasteiger partial charge in [-0.05, 0) is 50.7 Å². The van der Waals surface area contributed by atoms with Gasteiger partial charge in [0, 0.05) is 34.3 Å². The molecule has 0 radical (unpaired) electrons. The van der Waals surface area contributed by atoms with Crippen molar-refractivity contribution >= 4 is 40.1 Å². The number of nitrogens with one attached hydrogen (secondary N) is 1. The molecule has 3 aromatic rings. The third kappa shape index (κ3) is 5.12. The van der Waals surface area contributed by atoms with E-state index >= 15 is 0 Å². The van der Waals surface area contributed by atoms with Crippen LogP contribution in [0.25, 0.3) is 22.0 Å². The van der Waals surface area contributed by atoms with Gasteiger partial charge in [0.15, 0.2) is 17.3 Å². The van der Waals surface area contributed by atoms with Gasteiger partial charge < -0.3 is 25.6 Å². The van der Waals surface area contributed by atoms with Gasteiger partial charge in [0.2, 0.25) is 0 Å². The number of carbonyl (C=O) groups is 2. The number of anilines is 1. The second kappa shape index (κ2) is 10.4. The fourth-order valence-corrected chi connectivity index (χ4v) is 5.04. The maximum absolute atomic E-state index is 12.6. The van der Waals surface area contributed by atoms with Crippen LogP contribution < -0.4 is 15.8 Å². The Morgan fingerprint density at radius 3 is 2.57 bits per heavy atom. The summed E-state index contributed by atoms with van der Waals surface area (Å²) in [5.74, 6) is -0.109. The maximum Gasteiger partial charge on any atom is 0.404 e. The highest BCUT2D eigenvalue weighted by atomic mass is 35.5. The van der Waals surface area contributed by atoms with Crippen molar-refractivity contribution in [3.63, 3.8) is 0 Å². The normalized spacial score (nSPS) is 17.7. The van der Waals surface area contributed by atoms with E-state index in [1.807, 2.05) is 24.3 Å². The number of hydrogen-bond donors (Lipinski definition) is 3. The van der Waals surface area contributed by atoms with Crippen molar-refractivity contribution < 1.29 is 24.2 Å². The standard InChI is InChI=1S/C26H28ClN3O5/c1-14(31)22-18(11-21(34-2)25(32)23(22)27)19-12-29-20-6-4-3-5-17(20)24(19)30-16-9-7-15(8-10-16)13-35-26(28)33/h3-6,11-12,15-16,32H,7-10,13H2,1-2H3,(H2,28,33)(H,29,30). The molecule has 1 heterocycles. The summed E-state index contributed by atoms with van der Waals surface area (Å²) in [5.41, 5.74) is 8.16. The molecule has 1 aliphatic rings. The third-order valence-electron chi connectivity index (χ3n) is 6.50. The smallest absolute Gasteiger partial charge is 0.404 e. The van der Waals surface area contributed by atoms with Crippen LogP contribution in [-0.2, 0) is 4.74 Å². The number of para-hydroxylation sites is 1. The molecule has 4 rings (SSSR count). The van der Waals surface area contributed by atoms with E-state index in [0.717, 1.165) is 42.3 Å². The van der Waals surface area contributed by atoms with E-state index in [0.29, 0.717) is 17.7 Å². The van der Waals surface area contributed by atoms with E-state index < -0.39 is 6.09 Å². The highest BCUT2D eigenvalue weighted by Gasteiger charge is 2.26. The van der Waals surface area contributed by atoms with E-state index in [9.17, 15) is 14.7 Å². The monoisotopic (exact) mass is 497 g/mol. The first-order valence-electron chi connectivity index (χ1n) is 11.5. The first-order valence-corrected chi connectivity index (χ1v) is 11.8. The molecule has 1 aromatic heterocycles. The Hall–Kier alpha value is -3.52. The van der Waals surface area contributed by atoms with Crippen LogP contribution in [0.5, 0.6) is 11.5 Å². The van der Waals surface area contributed by atoms with Crippen LogP contribution in [0.4, 0.5) is 10.5 Å². The highest BCUT2D eigenvalue weighted by Crippen LogP contribution is 2.45. The molecule has 35 heavy (non-hydrogen) atoms. The molecule has 1 amide bonds. The van der Waals surface area contributed by atoms with Crippen LogP contribution in [0, 0.1) is 5.92 Å². The molecule has 0 bridgehead atoms. The Kier molecular flexibility index (Phi) is 7.31. The molecular formula is C26H28ClN3O5. The van der Waals surface area contributed by atoms with Gasteiger partial charge >= 0.3 is 6.09 Å². The molecule has 0 aliphatic heterocycles. The van der Waals surface area contributed by atoms with E-state index in [2.05, 4.69) is 10.3 Å². The Morgan fingerprint density at radius 1 is 1.20 bits per heavy atom. The number of halogens is 1. The summed E-state index contributed by atoms with van der Waals surface area (Å²) in [7, 11) is 1.43. The zero-order valence-corrected chi connectivity index (χ0v) is 20.4. The summed E-state index contributed by atoms with van der Waals surface area (Å²) in [4.78, 5) is 28.1. The van der Waals surface area contributed by atoms with E-state index in [1.165, 1.54) is 14.0 Å². The molecule has 2 aromatic carbocycles. The zero-order chi connectivity index (χ0) is 25.1. The topological polar surface area (TPSA) is 124 Å². The van der Waals surface area contributed by atoms with Crippen molar-refractivity contribution in [2.45, 2.75) is 38.6 Å². The van der Waals surface area contributed by atoms with Crippen molar-refractivity contribution in [3.8, 4) is 22.6 Å². The van der Waals surface area contributed by atoms with Crippen LogP contribution in [0.2, 0.25) is 5.02 Å². The lowest BCUT2D eigenvalue weighted by atomic mass is 9.86. The number of pyridine rings is 1. The number of ketones is 1. The third-order valence-corrected chi connectivity index (χ3v) is 6.87. The molecule has 0 saturated heterocycles.